The van der Waals surface area contributed by atoms with Crippen LogP contribution in [0.3, 0.4) is 0 Å². The second kappa shape index (κ2) is 6.91. The maximum absolute atomic E-state index is 11.7. The summed E-state index contributed by atoms with van der Waals surface area (Å²) in [7, 11) is 0. The zero-order chi connectivity index (χ0) is 14.4. The smallest absolute Gasteiger partial charge is 0.408 e. The molecule has 1 fully saturated rings. The Labute approximate surface area is 117 Å². The topological polar surface area (TPSA) is 90.6 Å². The number of hydrogen-bond acceptors (Lipinski definition) is 5. The lowest BCUT2D eigenvalue weighted by molar-refractivity contribution is -0.147. The highest BCUT2D eigenvalue weighted by molar-refractivity contribution is 5.81. The number of benzene rings is 1. The molecule has 1 aromatic rings. The zero-order valence-electron chi connectivity index (χ0n) is 11.1. The highest BCUT2D eigenvalue weighted by Gasteiger charge is 2.30. The normalized spacial score (nSPS) is 15.2. The summed E-state index contributed by atoms with van der Waals surface area (Å²) in [6.07, 6.45) is 1.05. The van der Waals surface area contributed by atoms with Crippen molar-refractivity contribution >= 4 is 12.1 Å². The van der Waals surface area contributed by atoms with Gasteiger partial charge in [-0.05, 0) is 18.4 Å². The highest BCUT2D eigenvalue weighted by atomic mass is 16.6. The van der Waals surface area contributed by atoms with E-state index in [4.69, 9.17) is 15.2 Å². The Hall–Kier alpha value is -2.08. The van der Waals surface area contributed by atoms with Crippen LogP contribution in [0, 0.1) is 0 Å². The van der Waals surface area contributed by atoms with Crippen LogP contribution in [0.1, 0.15) is 18.4 Å². The summed E-state index contributed by atoms with van der Waals surface area (Å²) in [5.41, 5.74) is 6.32. The van der Waals surface area contributed by atoms with Crippen molar-refractivity contribution in [2.24, 2.45) is 5.73 Å². The molecule has 0 heterocycles. The van der Waals surface area contributed by atoms with E-state index >= 15 is 0 Å². The van der Waals surface area contributed by atoms with Gasteiger partial charge in [-0.2, -0.15) is 0 Å². The molecule has 20 heavy (non-hydrogen) atoms. The Balaban J connectivity index is 1.75. The van der Waals surface area contributed by atoms with E-state index in [1.54, 1.807) is 0 Å². The summed E-state index contributed by atoms with van der Waals surface area (Å²) in [6.45, 7) is 0.119. The quantitative estimate of drug-likeness (QED) is 0.756. The lowest BCUT2D eigenvalue weighted by atomic mass is 10.2. The summed E-state index contributed by atoms with van der Waals surface area (Å²) < 4.78 is 10.1. The monoisotopic (exact) mass is 278 g/mol. The second-order valence-corrected chi connectivity index (χ2v) is 4.63. The van der Waals surface area contributed by atoms with Crippen LogP contribution < -0.4 is 11.1 Å². The number of ether oxygens (including phenoxy) is 2. The molecule has 1 amide bonds. The molecule has 1 aliphatic carbocycles. The van der Waals surface area contributed by atoms with Gasteiger partial charge in [0.1, 0.15) is 18.8 Å². The number of hydrogen-bond donors (Lipinski definition) is 2. The van der Waals surface area contributed by atoms with Gasteiger partial charge in [-0.3, -0.25) is 0 Å². The average Bonchev–Trinajstić information content (AvgIpc) is 3.27. The van der Waals surface area contributed by atoms with Gasteiger partial charge in [0.2, 0.25) is 0 Å². The predicted octanol–water partition coefficient (Wildman–Crippen LogP) is 0.946. The van der Waals surface area contributed by atoms with Gasteiger partial charge in [-0.15, -0.1) is 0 Å². The maximum Gasteiger partial charge on any atom is 0.408 e. The van der Waals surface area contributed by atoms with Gasteiger partial charge in [0, 0.05) is 6.54 Å². The fourth-order valence-electron chi connectivity index (χ4n) is 1.55. The van der Waals surface area contributed by atoms with Gasteiger partial charge in [-0.1, -0.05) is 30.3 Å². The van der Waals surface area contributed by atoms with E-state index in [2.05, 4.69) is 5.32 Å². The van der Waals surface area contributed by atoms with Crippen LogP contribution in [-0.4, -0.2) is 30.8 Å². The predicted molar refractivity (Wildman–Crippen MR) is 71.7 cm³/mol. The van der Waals surface area contributed by atoms with Crippen molar-refractivity contribution in [1.82, 2.24) is 5.32 Å². The third kappa shape index (κ3) is 4.55. The maximum atomic E-state index is 11.7. The van der Waals surface area contributed by atoms with E-state index in [9.17, 15) is 9.59 Å². The molecule has 0 saturated heterocycles. The molecule has 0 aliphatic heterocycles. The Morgan fingerprint density at radius 2 is 2.00 bits per heavy atom. The molecule has 0 radical (unpaired) electrons. The molecule has 108 valence electrons. The Morgan fingerprint density at radius 1 is 1.30 bits per heavy atom. The molecule has 6 nitrogen and oxygen atoms in total. The summed E-state index contributed by atoms with van der Waals surface area (Å²) in [5, 5.41) is 2.41. The number of rotatable bonds is 6. The average molecular weight is 278 g/mol. The number of nitrogens with one attached hydrogen (secondary N) is 1. The number of amides is 1. The van der Waals surface area contributed by atoms with Crippen LogP contribution >= 0.6 is 0 Å². The molecule has 0 aromatic heterocycles. The fourth-order valence-corrected chi connectivity index (χ4v) is 1.55. The van der Waals surface area contributed by atoms with Crippen molar-refractivity contribution in [3.63, 3.8) is 0 Å². The fraction of sp³-hybridized carbons (Fsp3) is 0.429. The van der Waals surface area contributed by atoms with E-state index in [0.717, 1.165) is 18.4 Å². The van der Waals surface area contributed by atoms with E-state index in [1.807, 2.05) is 30.3 Å². The van der Waals surface area contributed by atoms with Crippen LogP contribution in [0.15, 0.2) is 30.3 Å². The molecule has 2 rings (SSSR count). The first-order chi connectivity index (χ1) is 9.69. The Morgan fingerprint density at radius 3 is 2.60 bits per heavy atom. The van der Waals surface area contributed by atoms with Crippen LogP contribution in [0.4, 0.5) is 4.79 Å². The first-order valence-corrected chi connectivity index (χ1v) is 6.57. The van der Waals surface area contributed by atoms with Crippen molar-refractivity contribution in [3.05, 3.63) is 35.9 Å². The van der Waals surface area contributed by atoms with Crippen LogP contribution in [0.2, 0.25) is 0 Å². The minimum absolute atomic E-state index is 0.0151. The third-order valence-electron chi connectivity index (χ3n) is 2.83. The second-order valence-electron chi connectivity index (χ2n) is 4.63. The number of nitrogens with two attached hydrogens (primary N) is 1. The number of alkyl carbamates (subject to hydrolysis) is 1. The molecular formula is C14H18N2O4. The summed E-state index contributed by atoms with van der Waals surface area (Å²) in [4.78, 5) is 23.3. The summed E-state index contributed by atoms with van der Waals surface area (Å²) >= 11 is 0. The SMILES string of the molecule is NC[C@@H](NC(=O)OCc1ccccc1)C(=O)OC1CC1. The summed E-state index contributed by atoms with van der Waals surface area (Å²) in [5.74, 6) is -0.508. The molecule has 1 aliphatic rings. The Kier molecular flexibility index (Phi) is 4.95. The van der Waals surface area contributed by atoms with E-state index in [1.165, 1.54) is 0 Å². The van der Waals surface area contributed by atoms with E-state index in [0.29, 0.717) is 0 Å². The van der Waals surface area contributed by atoms with Crippen molar-refractivity contribution in [1.29, 1.82) is 0 Å². The third-order valence-corrected chi connectivity index (χ3v) is 2.83. The number of carbonyl (C=O) groups is 2. The molecule has 1 aromatic carbocycles. The van der Waals surface area contributed by atoms with Crippen molar-refractivity contribution in [2.75, 3.05) is 6.54 Å². The van der Waals surface area contributed by atoms with Crippen molar-refractivity contribution in [3.8, 4) is 0 Å². The van der Waals surface area contributed by atoms with Crippen LogP contribution in [0.25, 0.3) is 0 Å². The van der Waals surface area contributed by atoms with Gasteiger partial charge in [0.05, 0.1) is 0 Å². The molecule has 3 N–H and O–H groups in total. The summed E-state index contributed by atoms with van der Waals surface area (Å²) in [6, 6.07) is 8.41. The largest absolute Gasteiger partial charge is 0.461 e. The van der Waals surface area contributed by atoms with Crippen molar-refractivity contribution < 1.29 is 19.1 Å². The van der Waals surface area contributed by atoms with Gasteiger partial charge in [-0.25, -0.2) is 9.59 Å². The molecule has 0 spiro atoms. The number of esters is 1. The molecule has 0 unspecified atom stereocenters. The minimum atomic E-state index is -0.862. The first-order valence-electron chi connectivity index (χ1n) is 6.57. The highest BCUT2D eigenvalue weighted by Crippen LogP contribution is 2.23. The molecular weight excluding hydrogens is 260 g/mol. The van der Waals surface area contributed by atoms with Crippen molar-refractivity contribution in [2.45, 2.75) is 31.6 Å². The van der Waals surface area contributed by atoms with Gasteiger partial charge < -0.3 is 20.5 Å². The van der Waals surface area contributed by atoms with Gasteiger partial charge >= 0.3 is 12.1 Å². The van der Waals surface area contributed by atoms with Gasteiger partial charge in [0.25, 0.3) is 0 Å². The first kappa shape index (κ1) is 14.3. The van der Waals surface area contributed by atoms with Crippen LogP contribution in [0.5, 0.6) is 0 Å². The van der Waals surface area contributed by atoms with E-state index < -0.39 is 18.1 Å². The lowest BCUT2D eigenvalue weighted by Gasteiger charge is -2.15. The Bertz CT molecular complexity index is 460. The minimum Gasteiger partial charge on any atom is -0.461 e. The van der Waals surface area contributed by atoms with Crippen LogP contribution in [-0.2, 0) is 20.9 Å². The number of carbonyl (C=O) groups excluding carboxylic acids is 2. The van der Waals surface area contributed by atoms with E-state index in [-0.39, 0.29) is 19.3 Å². The standard InChI is InChI=1S/C14H18N2O4/c15-8-12(13(17)20-11-6-7-11)16-14(18)19-9-10-4-2-1-3-5-10/h1-5,11-12H,6-9,15H2,(H,16,18)/t12-/m1/s1. The molecule has 1 atom stereocenters. The van der Waals surface area contributed by atoms with Gasteiger partial charge in [0.15, 0.2) is 0 Å². The zero-order valence-corrected chi connectivity index (χ0v) is 11.1. The molecule has 0 bridgehead atoms. The molecule has 6 heteroatoms. The lowest BCUT2D eigenvalue weighted by Crippen LogP contribution is -2.47. The molecule has 1 saturated carbocycles.